The van der Waals surface area contributed by atoms with Crippen LogP contribution in [-0.4, -0.2) is 32.6 Å². The molecular weight excluding hydrogens is 270 g/mol. The molecule has 21 heavy (non-hydrogen) atoms. The van der Waals surface area contributed by atoms with Gasteiger partial charge < -0.3 is 15.0 Å². The van der Waals surface area contributed by atoms with Crippen molar-refractivity contribution in [1.29, 1.82) is 0 Å². The topological polar surface area (TPSA) is 84.2 Å². The lowest BCUT2D eigenvalue weighted by Gasteiger charge is -2.12. The Bertz CT molecular complexity index is 663. The molecule has 0 aliphatic rings. The van der Waals surface area contributed by atoms with Gasteiger partial charge in [0.1, 0.15) is 0 Å². The van der Waals surface area contributed by atoms with Gasteiger partial charge in [-0.1, -0.05) is 13.0 Å². The number of aromatic nitrogens is 2. The molecule has 0 radical (unpaired) electrons. The predicted octanol–water partition coefficient (Wildman–Crippen LogP) is 2.04. The standard InChI is InChI=1S/C15H19N3O3/c1-3-10(2)17-13(19)7-8-18-9-16-12-6-4-5-11(14(12)18)15(20)21/h4-6,9-10H,3,7-8H2,1-2H3,(H,17,19)(H,20,21). The maximum atomic E-state index is 11.8. The molecule has 1 atom stereocenters. The SMILES string of the molecule is CCC(C)NC(=O)CCn1cnc2cccc(C(=O)O)c21. The van der Waals surface area contributed by atoms with Gasteiger partial charge in [0, 0.05) is 19.0 Å². The summed E-state index contributed by atoms with van der Waals surface area (Å²) >= 11 is 0. The van der Waals surface area contributed by atoms with Crippen LogP contribution in [0.2, 0.25) is 0 Å². The summed E-state index contributed by atoms with van der Waals surface area (Å²) in [7, 11) is 0. The van der Waals surface area contributed by atoms with Crippen molar-refractivity contribution in [2.45, 2.75) is 39.3 Å². The van der Waals surface area contributed by atoms with E-state index in [1.54, 1.807) is 29.1 Å². The predicted molar refractivity (Wildman–Crippen MR) is 79.2 cm³/mol. The van der Waals surface area contributed by atoms with Crippen LogP contribution in [0.15, 0.2) is 24.5 Å². The zero-order valence-electron chi connectivity index (χ0n) is 12.2. The number of carboxylic acid groups (broad SMARTS) is 1. The second-order valence-corrected chi connectivity index (χ2v) is 5.04. The van der Waals surface area contributed by atoms with Gasteiger partial charge in [-0.25, -0.2) is 9.78 Å². The van der Waals surface area contributed by atoms with Gasteiger partial charge in [-0.05, 0) is 25.5 Å². The van der Waals surface area contributed by atoms with Crippen LogP contribution in [0.25, 0.3) is 11.0 Å². The number of aryl methyl sites for hydroxylation is 1. The van der Waals surface area contributed by atoms with E-state index in [1.165, 1.54) is 0 Å². The number of hydrogen-bond acceptors (Lipinski definition) is 3. The van der Waals surface area contributed by atoms with Crippen LogP contribution in [0.1, 0.15) is 37.0 Å². The van der Waals surface area contributed by atoms with Gasteiger partial charge in [0.25, 0.3) is 0 Å². The number of aromatic carboxylic acids is 1. The molecule has 1 aromatic carbocycles. The Hall–Kier alpha value is -2.37. The van der Waals surface area contributed by atoms with E-state index in [0.717, 1.165) is 6.42 Å². The lowest BCUT2D eigenvalue weighted by molar-refractivity contribution is -0.121. The Morgan fingerprint density at radius 3 is 2.86 bits per heavy atom. The molecule has 1 aromatic heterocycles. The molecule has 2 rings (SSSR count). The monoisotopic (exact) mass is 289 g/mol. The molecule has 1 unspecified atom stereocenters. The van der Waals surface area contributed by atoms with Gasteiger partial charge in [0.15, 0.2) is 0 Å². The van der Waals surface area contributed by atoms with Crippen LogP contribution in [0, 0.1) is 0 Å². The second-order valence-electron chi connectivity index (χ2n) is 5.04. The number of rotatable bonds is 6. The molecule has 1 heterocycles. The summed E-state index contributed by atoms with van der Waals surface area (Å²) in [6.07, 6.45) is 2.75. The van der Waals surface area contributed by atoms with E-state index < -0.39 is 5.97 Å². The Morgan fingerprint density at radius 2 is 2.19 bits per heavy atom. The van der Waals surface area contributed by atoms with Crippen molar-refractivity contribution in [3.8, 4) is 0 Å². The van der Waals surface area contributed by atoms with Gasteiger partial charge in [0.2, 0.25) is 5.91 Å². The van der Waals surface area contributed by atoms with Gasteiger partial charge in [-0.3, -0.25) is 4.79 Å². The number of carbonyl (C=O) groups is 2. The van der Waals surface area contributed by atoms with Crippen molar-refractivity contribution in [2.24, 2.45) is 0 Å². The van der Waals surface area contributed by atoms with Crippen molar-refractivity contribution in [3.05, 3.63) is 30.1 Å². The fourth-order valence-corrected chi connectivity index (χ4v) is 2.14. The average molecular weight is 289 g/mol. The van der Waals surface area contributed by atoms with Crippen LogP contribution in [0.4, 0.5) is 0 Å². The number of hydrogen-bond donors (Lipinski definition) is 2. The van der Waals surface area contributed by atoms with Gasteiger partial charge in [0.05, 0.1) is 22.9 Å². The van der Waals surface area contributed by atoms with Crippen LogP contribution >= 0.6 is 0 Å². The summed E-state index contributed by atoms with van der Waals surface area (Å²) in [5, 5.41) is 12.1. The number of benzene rings is 1. The first-order valence-corrected chi connectivity index (χ1v) is 6.99. The Kier molecular flexibility index (Phi) is 4.57. The Morgan fingerprint density at radius 1 is 1.43 bits per heavy atom. The first kappa shape index (κ1) is 15.0. The third-order valence-electron chi connectivity index (χ3n) is 3.47. The zero-order chi connectivity index (χ0) is 15.4. The maximum Gasteiger partial charge on any atom is 0.337 e. The molecule has 0 aliphatic carbocycles. The lowest BCUT2D eigenvalue weighted by atomic mass is 10.2. The molecule has 112 valence electrons. The lowest BCUT2D eigenvalue weighted by Crippen LogP contribution is -2.32. The highest BCUT2D eigenvalue weighted by Crippen LogP contribution is 2.18. The van der Waals surface area contributed by atoms with E-state index in [-0.39, 0.29) is 17.5 Å². The van der Waals surface area contributed by atoms with E-state index in [1.807, 2.05) is 13.8 Å². The van der Waals surface area contributed by atoms with E-state index in [4.69, 9.17) is 0 Å². The molecular formula is C15H19N3O3. The number of carboxylic acids is 1. The molecule has 0 saturated carbocycles. The number of fused-ring (bicyclic) bond motifs is 1. The number of carbonyl (C=O) groups excluding carboxylic acids is 1. The van der Waals surface area contributed by atoms with Crippen LogP contribution in [-0.2, 0) is 11.3 Å². The second kappa shape index (κ2) is 6.39. The molecule has 0 aliphatic heterocycles. The number of nitrogens with zero attached hydrogens (tertiary/aromatic N) is 2. The maximum absolute atomic E-state index is 11.8. The third kappa shape index (κ3) is 3.39. The summed E-state index contributed by atoms with van der Waals surface area (Å²) < 4.78 is 1.72. The molecule has 0 saturated heterocycles. The van der Waals surface area contributed by atoms with Crippen molar-refractivity contribution in [3.63, 3.8) is 0 Å². The highest BCUT2D eigenvalue weighted by Gasteiger charge is 2.14. The fourth-order valence-electron chi connectivity index (χ4n) is 2.14. The minimum absolute atomic E-state index is 0.0426. The quantitative estimate of drug-likeness (QED) is 0.852. The summed E-state index contributed by atoms with van der Waals surface area (Å²) in [5.41, 5.74) is 1.38. The highest BCUT2D eigenvalue weighted by molar-refractivity contribution is 6.01. The summed E-state index contributed by atoms with van der Waals surface area (Å²) in [4.78, 5) is 27.3. The van der Waals surface area contributed by atoms with E-state index in [2.05, 4.69) is 10.3 Å². The number of para-hydroxylation sites is 1. The smallest absolute Gasteiger partial charge is 0.337 e. The Balaban J connectivity index is 2.16. The van der Waals surface area contributed by atoms with Crippen LogP contribution < -0.4 is 5.32 Å². The zero-order valence-corrected chi connectivity index (χ0v) is 12.2. The Labute approximate surface area is 122 Å². The summed E-state index contributed by atoms with van der Waals surface area (Å²) in [6.45, 7) is 4.36. The third-order valence-corrected chi connectivity index (χ3v) is 3.47. The summed E-state index contributed by atoms with van der Waals surface area (Å²) in [6, 6.07) is 5.12. The first-order valence-electron chi connectivity index (χ1n) is 6.99. The molecule has 2 aromatic rings. The largest absolute Gasteiger partial charge is 0.478 e. The molecule has 0 spiro atoms. The van der Waals surface area contributed by atoms with Crippen molar-refractivity contribution in [1.82, 2.24) is 14.9 Å². The number of imidazole rings is 1. The van der Waals surface area contributed by atoms with E-state index in [0.29, 0.717) is 24.0 Å². The normalized spacial score (nSPS) is 12.3. The first-order chi connectivity index (χ1) is 10.0. The van der Waals surface area contributed by atoms with Gasteiger partial charge >= 0.3 is 5.97 Å². The number of amides is 1. The molecule has 2 N–H and O–H groups in total. The number of nitrogens with one attached hydrogen (secondary N) is 1. The van der Waals surface area contributed by atoms with Crippen molar-refractivity contribution in [2.75, 3.05) is 0 Å². The minimum Gasteiger partial charge on any atom is -0.478 e. The van der Waals surface area contributed by atoms with E-state index >= 15 is 0 Å². The molecule has 0 fully saturated rings. The molecule has 1 amide bonds. The van der Waals surface area contributed by atoms with Gasteiger partial charge in [-0.15, -0.1) is 0 Å². The summed E-state index contributed by atoms with van der Waals surface area (Å²) in [5.74, 6) is -1.04. The molecule has 6 heteroatoms. The average Bonchev–Trinajstić information content (AvgIpc) is 2.87. The van der Waals surface area contributed by atoms with Crippen molar-refractivity contribution < 1.29 is 14.7 Å². The van der Waals surface area contributed by atoms with Crippen LogP contribution in [0.5, 0.6) is 0 Å². The molecule has 0 bridgehead atoms. The fraction of sp³-hybridized carbons (Fsp3) is 0.400. The molecule has 6 nitrogen and oxygen atoms in total. The van der Waals surface area contributed by atoms with Crippen molar-refractivity contribution >= 4 is 22.9 Å². The van der Waals surface area contributed by atoms with E-state index in [9.17, 15) is 14.7 Å². The highest BCUT2D eigenvalue weighted by atomic mass is 16.4. The minimum atomic E-state index is -0.994. The van der Waals surface area contributed by atoms with Crippen LogP contribution in [0.3, 0.4) is 0 Å². The van der Waals surface area contributed by atoms with Gasteiger partial charge in [-0.2, -0.15) is 0 Å².